The van der Waals surface area contributed by atoms with Gasteiger partial charge in [0.05, 0.1) is 5.69 Å². The van der Waals surface area contributed by atoms with E-state index in [4.69, 9.17) is 0 Å². The molecule has 0 saturated carbocycles. The second-order valence-corrected chi connectivity index (χ2v) is 6.66. The van der Waals surface area contributed by atoms with Gasteiger partial charge in [0.15, 0.2) is 5.65 Å². The van der Waals surface area contributed by atoms with Crippen LogP contribution in [0.15, 0.2) is 48.8 Å². The molecule has 0 atom stereocenters. The van der Waals surface area contributed by atoms with Crippen LogP contribution in [-0.2, 0) is 0 Å². The molecule has 140 valence electrons. The molecule has 4 rings (SSSR count). The molecule has 0 radical (unpaired) electrons. The van der Waals surface area contributed by atoms with E-state index < -0.39 is 0 Å². The zero-order valence-corrected chi connectivity index (χ0v) is 15.2. The van der Waals surface area contributed by atoms with Crippen molar-refractivity contribution < 1.29 is 4.39 Å². The summed E-state index contributed by atoms with van der Waals surface area (Å²) >= 11 is 0. The van der Waals surface area contributed by atoms with Crippen LogP contribution >= 0.6 is 0 Å². The van der Waals surface area contributed by atoms with E-state index in [1.807, 2.05) is 24.3 Å². The Morgan fingerprint density at radius 2 is 1.78 bits per heavy atom. The first-order chi connectivity index (χ1) is 13.3. The van der Waals surface area contributed by atoms with Gasteiger partial charge in [-0.05, 0) is 37.2 Å². The quantitative estimate of drug-likeness (QED) is 0.677. The fourth-order valence-corrected chi connectivity index (χ4v) is 3.39. The first-order valence-corrected chi connectivity index (χ1v) is 9.33. The first-order valence-electron chi connectivity index (χ1n) is 9.33. The predicted octanol–water partition coefficient (Wildman–Crippen LogP) is 2.79. The van der Waals surface area contributed by atoms with E-state index >= 15 is 0 Å². The molecular formula is C20H23FN6. The van der Waals surface area contributed by atoms with Crippen molar-refractivity contribution in [2.45, 2.75) is 6.42 Å². The second-order valence-electron chi connectivity index (χ2n) is 6.66. The minimum Gasteiger partial charge on any atom is -0.370 e. The molecular weight excluding hydrogens is 343 g/mol. The molecule has 0 unspecified atom stereocenters. The molecule has 1 saturated heterocycles. The zero-order valence-electron chi connectivity index (χ0n) is 15.2. The maximum absolute atomic E-state index is 13.9. The van der Waals surface area contributed by atoms with Crippen LogP contribution in [0.5, 0.6) is 0 Å². The standard InChI is InChI=1S/C20H23FN6/c21-16-4-1-2-5-18(16)27-14-12-26(13-15-27)11-3-8-23-19-7-6-17-20(25-19)24-10-9-22-17/h1-2,4-7,9-10H,3,8,11-15H2,(H,23,24,25). The molecule has 2 aromatic heterocycles. The Bertz CT molecular complexity index is 894. The molecule has 0 spiro atoms. The number of nitrogens with one attached hydrogen (secondary N) is 1. The van der Waals surface area contributed by atoms with E-state index in [0.717, 1.165) is 57.0 Å². The number of aromatic nitrogens is 3. The molecule has 3 heterocycles. The summed E-state index contributed by atoms with van der Waals surface area (Å²) in [5, 5.41) is 3.35. The van der Waals surface area contributed by atoms with Crippen molar-refractivity contribution in [3.63, 3.8) is 0 Å². The lowest BCUT2D eigenvalue weighted by Gasteiger charge is -2.36. The van der Waals surface area contributed by atoms with Crippen molar-refractivity contribution in [1.82, 2.24) is 19.9 Å². The summed E-state index contributed by atoms with van der Waals surface area (Å²) in [5.74, 6) is 0.690. The third-order valence-corrected chi connectivity index (χ3v) is 4.85. The maximum atomic E-state index is 13.9. The third kappa shape index (κ3) is 4.31. The highest BCUT2D eigenvalue weighted by Crippen LogP contribution is 2.20. The monoisotopic (exact) mass is 366 g/mol. The molecule has 1 aliphatic heterocycles. The largest absolute Gasteiger partial charge is 0.370 e. The molecule has 6 nitrogen and oxygen atoms in total. The Labute approximate surface area is 158 Å². The zero-order chi connectivity index (χ0) is 18.5. The topological polar surface area (TPSA) is 57.2 Å². The molecule has 1 aromatic carbocycles. The van der Waals surface area contributed by atoms with Crippen molar-refractivity contribution >= 4 is 22.7 Å². The van der Waals surface area contributed by atoms with Crippen LogP contribution in [0.4, 0.5) is 15.9 Å². The summed E-state index contributed by atoms with van der Waals surface area (Å²) < 4.78 is 13.9. The van der Waals surface area contributed by atoms with Crippen LogP contribution < -0.4 is 10.2 Å². The Hall–Kier alpha value is -2.80. The van der Waals surface area contributed by atoms with Gasteiger partial charge in [0.25, 0.3) is 0 Å². The van der Waals surface area contributed by atoms with Crippen LogP contribution in [0.2, 0.25) is 0 Å². The summed E-state index contributed by atoms with van der Waals surface area (Å²) in [5.41, 5.74) is 2.17. The molecule has 0 aliphatic carbocycles. The van der Waals surface area contributed by atoms with E-state index in [0.29, 0.717) is 11.3 Å². The molecule has 0 bridgehead atoms. The molecule has 7 heteroatoms. The molecule has 27 heavy (non-hydrogen) atoms. The van der Waals surface area contributed by atoms with Gasteiger partial charge < -0.3 is 10.2 Å². The highest BCUT2D eigenvalue weighted by molar-refractivity contribution is 5.71. The number of nitrogens with zero attached hydrogens (tertiary/aromatic N) is 5. The SMILES string of the molecule is Fc1ccccc1N1CCN(CCCNc2ccc3nccnc3n2)CC1. The number of pyridine rings is 1. The van der Waals surface area contributed by atoms with Crippen LogP contribution in [0.25, 0.3) is 11.2 Å². The number of rotatable bonds is 6. The number of hydrogen-bond donors (Lipinski definition) is 1. The third-order valence-electron chi connectivity index (χ3n) is 4.85. The van der Waals surface area contributed by atoms with Crippen molar-refractivity contribution in [3.8, 4) is 0 Å². The van der Waals surface area contributed by atoms with Gasteiger partial charge in [0.1, 0.15) is 17.2 Å². The smallest absolute Gasteiger partial charge is 0.180 e. The average Bonchev–Trinajstić information content (AvgIpc) is 2.72. The number of halogens is 1. The van der Waals surface area contributed by atoms with Gasteiger partial charge in [0.2, 0.25) is 0 Å². The highest BCUT2D eigenvalue weighted by Gasteiger charge is 2.18. The summed E-state index contributed by atoms with van der Waals surface area (Å²) in [6.07, 6.45) is 4.35. The minimum atomic E-state index is -0.136. The van der Waals surface area contributed by atoms with Gasteiger partial charge in [-0.1, -0.05) is 12.1 Å². The van der Waals surface area contributed by atoms with Crippen molar-refractivity contribution in [2.75, 3.05) is 49.5 Å². The van der Waals surface area contributed by atoms with Crippen LogP contribution in [-0.4, -0.2) is 59.1 Å². The lowest BCUT2D eigenvalue weighted by molar-refractivity contribution is 0.256. The molecule has 0 amide bonds. The Kier molecular flexibility index (Phi) is 5.39. The minimum absolute atomic E-state index is 0.136. The Morgan fingerprint density at radius 1 is 0.963 bits per heavy atom. The van der Waals surface area contributed by atoms with E-state index in [1.54, 1.807) is 18.5 Å². The Balaban J connectivity index is 1.20. The van der Waals surface area contributed by atoms with Crippen LogP contribution in [0, 0.1) is 5.82 Å². The van der Waals surface area contributed by atoms with Gasteiger partial charge in [-0.3, -0.25) is 9.88 Å². The number of fused-ring (bicyclic) bond motifs is 1. The molecule has 1 N–H and O–H groups in total. The fraction of sp³-hybridized carbons (Fsp3) is 0.350. The van der Waals surface area contributed by atoms with Crippen molar-refractivity contribution in [3.05, 3.63) is 54.6 Å². The number of para-hydroxylation sites is 1. The molecule has 1 fully saturated rings. The van der Waals surface area contributed by atoms with E-state index in [9.17, 15) is 4.39 Å². The number of piperazine rings is 1. The lowest BCUT2D eigenvalue weighted by atomic mass is 10.2. The van der Waals surface area contributed by atoms with Crippen LogP contribution in [0.1, 0.15) is 6.42 Å². The average molecular weight is 366 g/mol. The van der Waals surface area contributed by atoms with Gasteiger partial charge in [-0.25, -0.2) is 14.4 Å². The first kappa shape index (κ1) is 17.6. The molecule has 1 aliphatic rings. The normalized spacial score (nSPS) is 15.2. The summed E-state index contributed by atoms with van der Waals surface area (Å²) in [4.78, 5) is 17.5. The second kappa shape index (κ2) is 8.26. The maximum Gasteiger partial charge on any atom is 0.180 e. The van der Waals surface area contributed by atoms with E-state index in [-0.39, 0.29) is 5.82 Å². The summed E-state index contributed by atoms with van der Waals surface area (Å²) in [6, 6.07) is 10.9. The molecule has 3 aromatic rings. The number of anilines is 2. The van der Waals surface area contributed by atoms with E-state index in [2.05, 4.69) is 30.1 Å². The summed E-state index contributed by atoms with van der Waals surface area (Å²) in [6.45, 7) is 5.51. The highest BCUT2D eigenvalue weighted by atomic mass is 19.1. The summed E-state index contributed by atoms with van der Waals surface area (Å²) in [7, 11) is 0. The van der Waals surface area contributed by atoms with Crippen molar-refractivity contribution in [2.24, 2.45) is 0 Å². The van der Waals surface area contributed by atoms with Gasteiger partial charge in [0, 0.05) is 45.1 Å². The Morgan fingerprint density at radius 3 is 2.63 bits per heavy atom. The van der Waals surface area contributed by atoms with Gasteiger partial charge in [-0.2, -0.15) is 0 Å². The van der Waals surface area contributed by atoms with Crippen molar-refractivity contribution in [1.29, 1.82) is 0 Å². The lowest BCUT2D eigenvalue weighted by Crippen LogP contribution is -2.47. The number of benzene rings is 1. The fourth-order valence-electron chi connectivity index (χ4n) is 3.39. The number of hydrogen-bond acceptors (Lipinski definition) is 6. The predicted molar refractivity (Wildman–Crippen MR) is 105 cm³/mol. The van der Waals surface area contributed by atoms with Crippen LogP contribution in [0.3, 0.4) is 0 Å². The van der Waals surface area contributed by atoms with Gasteiger partial charge in [-0.15, -0.1) is 0 Å². The van der Waals surface area contributed by atoms with Gasteiger partial charge >= 0.3 is 0 Å². The van der Waals surface area contributed by atoms with E-state index in [1.165, 1.54) is 6.07 Å².